The number of fused-ring (bicyclic) bond motifs is 3. The van der Waals surface area contributed by atoms with Crippen molar-refractivity contribution in [3.8, 4) is 0 Å². The maximum atomic E-state index is 11.8. The highest BCUT2D eigenvalue weighted by atomic mass is 16.1. The summed E-state index contributed by atoms with van der Waals surface area (Å²) in [6, 6.07) is 0. The Bertz CT molecular complexity index is 233. The van der Waals surface area contributed by atoms with Gasteiger partial charge in [0.1, 0.15) is 5.78 Å². The van der Waals surface area contributed by atoms with Crippen molar-refractivity contribution in [1.82, 2.24) is 0 Å². The molecule has 0 aromatic rings. The first kappa shape index (κ1) is 8.02. The molecule has 3 aliphatic rings. The van der Waals surface area contributed by atoms with Gasteiger partial charge in [0.2, 0.25) is 0 Å². The van der Waals surface area contributed by atoms with Crippen molar-refractivity contribution in [2.75, 3.05) is 0 Å². The Kier molecular flexibility index (Phi) is 1.75. The number of rotatable bonds is 0. The Morgan fingerprint density at radius 3 is 2.62 bits per heavy atom. The Hall–Kier alpha value is -0.330. The van der Waals surface area contributed by atoms with E-state index in [1.165, 1.54) is 38.5 Å². The Morgan fingerprint density at radius 2 is 1.69 bits per heavy atom. The van der Waals surface area contributed by atoms with Crippen LogP contribution < -0.4 is 0 Å². The second kappa shape index (κ2) is 2.83. The van der Waals surface area contributed by atoms with Gasteiger partial charge >= 0.3 is 0 Å². The number of carbonyl (C=O) groups is 1. The van der Waals surface area contributed by atoms with Crippen molar-refractivity contribution < 1.29 is 4.79 Å². The molecule has 0 aromatic heterocycles. The third kappa shape index (κ3) is 1.09. The zero-order valence-corrected chi connectivity index (χ0v) is 8.17. The minimum atomic E-state index is 0.499. The summed E-state index contributed by atoms with van der Waals surface area (Å²) < 4.78 is 0. The van der Waals surface area contributed by atoms with Crippen LogP contribution >= 0.6 is 0 Å². The number of ketones is 1. The molecule has 13 heavy (non-hydrogen) atoms. The van der Waals surface area contributed by atoms with Gasteiger partial charge in [0.25, 0.3) is 0 Å². The van der Waals surface area contributed by atoms with Gasteiger partial charge in [-0.3, -0.25) is 4.79 Å². The molecule has 0 aromatic carbocycles. The normalized spacial score (nSPS) is 49.1. The lowest BCUT2D eigenvalue weighted by atomic mass is 9.69. The van der Waals surface area contributed by atoms with Gasteiger partial charge in [0.15, 0.2) is 0 Å². The van der Waals surface area contributed by atoms with E-state index in [1.807, 2.05) is 0 Å². The Balaban J connectivity index is 1.88. The van der Waals surface area contributed by atoms with E-state index in [9.17, 15) is 4.79 Å². The van der Waals surface area contributed by atoms with E-state index in [4.69, 9.17) is 0 Å². The highest BCUT2D eigenvalue weighted by molar-refractivity contribution is 5.82. The van der Waals surface area contributed by atoms with Crippen LogP contribution in [0.25, 0.3) is 0 Å². The predicted octanol–water partition coefficient (Wildman–Crippen LogP) is 2.79. The smallest absolute Gasteiger partial charge is 0.136 e. The summed E-state index contributed by atoms with van der Waals surface area (Å²) in [7, 11) is 0. The fourth-order valence-corrected chi connectivity index (χ4v) is 4.19. The summed E-state index contributed by atoms with van der Waals surface area (Å²) >= 11 is 0. The molecule has 1 heteroatoms. The van der Waals surface area contributed by atoms with Gasteiger partial charge in [-0.15, -0.1) is 0 Å². The van der Waals surface area contributed by atoms with Crippen molar-refractivity contribution in [2.24, 2.45) is 23.7 Å². The molecule has 4 atom stereocenters. The molecular weight excluding hydrogens is 160 g/mol. The van der Waals surface area contributed by atoms with Gasteiger partial charge in [-0.1, -0.05) is 12.8 Å². The largest absolute Gasteiger partial charge is 0.299 e. The lowest BCUT2D eigenvalue weighted by Crippen LogP contribution is -2.35. The van der Waals surface area contributed by atoms with E-state index in [0.717, 1.165) is 24.2 Å². The second-order valence-electron chi connectivity index (χ2n) is 5.23. The third-order valence-corrected chi connectivity index (χ3v) is 4.71. The van der Waals surface area contributed by atoms with E-state index in [1.54, 1.807) is 0 Å². The molecule has 3 rings (SSSR count). The molecule has 0 N–H and O–H groups in total. The van der Waals surface area contributed by atoms with Gasteiger partial charge in [-0.25, -0.2) is 0 Å². The monoisotopic (exact) mass is 178 g/mol. The van der Waals surface area contributed by atoms with E-state index in [2.05, 4.69) is 0 Å². The SMILES string of the molecule is O=C1CC2CCCC2C2CCCC12. The first-order chi connectivity index (χ1) is 6.36. The fourth-order valence-electron chi connectivity index (χ4n) is 4.19. The molecule has 1 nitrogen and oxygen atoms in total. The van der Waals surface area contributed by atoms with E-state index >= 15 is 0 Å². The van der Waals surface area contributed by atoms with Gasteiger partial charge < -0.3 is 0 Å². The van der Waals surface area contributed by atoms with Crippen LogP contribution in [-0.4, -0.2) is 5.78 Å². The fraction of sp³-hybridized carbons (Fsp3) is 0.917. The maximum absolute atomic E-state index is 11.8. The third-order valence-electron chi connectivity index (χ3n) is 4.71. The first-order valence-electron chi connectivity index (χ1n) is 5.89. The summed E-state index contributed by atoms with van der Waals surface area (Å²) in [6.45, 7) is 0. The maximum Gasteiger partial charge on any atom is 0.136 e. The van der Waals surface area contributed by atoms with Crippen molar-refractivity contribution in [3.63, 3.8) is 0 Å². The summed E-state index contributed by atoms with van der Waals surface area (Å²) in [5.41, 5.74) is 0. The van der Waals surface area contributed by atoms with Crippen molar-refractivity contribution in [1.29, 1.82) is 0 Å². The van der Waals surface area contributed by atoms with Crippen molar-refractivity contribution >= 4 is 5.78 Å². The molecule has 4 unspecified atom stereocenters. The van der Waals surface area contributed by atoms with Gasteiger partial charge in [-0.05, 0) is 43.4 Å². The Morgan fingerprint density at radius 1 is 0.923 bits per heavy atom. The molecule has 0 heterocycles. The summed E-state index contributed by atoms with van der Waals surface area (Å²) in [4.78, 5) is 11.8. The number of carbonyl (C=O) groups excluding carboxylic acids is 1. The minimum Gasteiger partial charge on any atom is -0.299 e. The molecule has 3 aliphatic carbocycles. The first-order valence-corrected chi connectivity index (χ1v) is 5.89. The van der Waals surface area contributed by atoms with E-state index < -0.39 is 0 Å². The van der Waals surface area contributed by atoms with Gasteiger partial charge in [0, 0.05) is 12.3 Å². The number of hydrogen-bond acceptors (Lipinski definition) is 1. The van der Waals surface area contributed by atoms with Crippen LogP contribution in [0.2, 0.25) is 0 Å². The summed E-state index contributed by atoms with van der Waals surface area (Å²) in [6.07, 6.45) is 9.00. The molecular formula is C12H18O. The molecule has 3 saturated carbocycles. The van der Waals surface area contributed by atoms with Crippen LogP contribution in [0.15, 0.2) is 0 Å². The molecule has 0 amide bonds. The molecule has 0 saturated heterocycles. The predicted molar refractivity (Wildman–Crippen MR) is 51.3 cm³/mol. The molecule has 3 fully saturated rings. The van der Waals surface area contributed by atoms with E-state index in [0.29, 0.717) is 11.7 Å². The van der Waals surface area contributed by atoms with Crippen LogP contribution in [0.5, 0.6) is 0 Å². The second-order valence-corrected chi connectivity index (χ2v) is 5.23. The number of Topliss-reactive ketones (excluding diaryl/α,β-unsaturated/α-hetero) is 1. The Labute approximate surface area is 79.9 Å². The molecule has 72 valence electrons. The number of hydrogen-bond donors (Lipinski definition) is 0. The molecule has 0 bridgehead atoms. The minimum absolute atomic E-state index is 0.499. The highest BCUT2D eigenvalue weighted by Gasteiger charge is 2.47. The quantitative estimate of drug-likeness (QED) is 0.557. The van der Waals surface area contributed by atoms with Crippen LogP contribution in [-0.2, 0) is 4.79 Å². The molecule has 0 spiro atoms. The molecule has 0 aliphatic heterocycles. The van der Waals surface area contributed by atoms with Crippen LogP contribution in [0.4, 0.5) is 0 Å². The van der Waals surface area contributed by atoms with Crippen LogP contribution in [0, 0.1) is 23.7 Å². The van der Waals surface area contributed by atoms with Gasteiger partial charge in [0.05, 0.1) is 0 Å². The van der Waals surface area contributed by atoms with Crippen LogP contribution in [0.1, 0.15) is 44.9 Å². The lowest BCUT2D eigenvalue weighted by Gasteiger charge is -2.35. The highest BCUT2D eigenvalue weighted by Crippen LogP contribution is 2.52. The van der Waals surface area contributed by atoms with Gasteiger partial charge in [-0.2, -0.15) is 0 Å². The standard InChI is InChI=1S/C12H18O/c13-12-7-8-3-1-4-9(8)10-5-2-6-11(10)12/h8-11H,1-7H2. The zero-order chi connectivity index (χ0) is 8.84. The molecule has 0 radical (unpaired) electrons. The topological polar surface area (TPSA) is 17.1 Å². The van der Waals surface area contributed by atoms with Crippen molar-refractivity contribution in [3.05, 3.63) is 0 Å². The van der Waals surface area contributed by atoms with Crippen molar-refractivity contribution in [2.45, 2.75) is 44.9 Å². The zero-order valence-electron chi connectivity index (χ0n) is 8.17. The van der Waals surface area contributed by atoms with Crippen LogP contribution in [0.3, 0.4) is 0 Å². The lowest BCUT2D eigenvalue weighted by molar-refractivity contribution is -0.129. The average Bonchev–Trinajstić information content (AvgIpc) is 2.66. The average molecular weight is 178 g/mol. The summed E-state index contributed by atoms with van der Waals surface area (Å²) in [5, 5.41) is 0. The van der Waals surface area contributed by atoms with E-state index in [-0.39, 0.29) is 0 Å². The summed E-state index contributed by atoms with van der Waals surface area (Å²) in [5.74, 6) is 3.68.